The van der Waals surface area contributed by atoms with Gasteiger partial charge in [0.1, 0.15) is 12.1 Å². The van der Waals surface area contributed by atoms with Crippen molar-refractivity contribution in [2.24, 2.45) is 0 Å². The van der Waals surface area contributed by atoms with E-state index in [1.807, 2.05) is 4.90 Å². The molecule has 0 radical (unpaired) electrons. The van der Waals surface area contributed by atoms with E-state index in [2.05, 4.69) is 20.8 Å². The molecule has 1 aliphatic heterocycles. The molecular weight excluding hydrogens is 396 g/mol. The Morgan fingerprint density at radius 2 is 2.07 bits per heavy atom. The SMILES string of the molecule is COc1cc(-n2cnnn2)c(Cl)cc1C(=O)NCCN1CCS(=O)(=O)CC1. The zero-order valence-corrected chi connectivity index (χ0v) is 16.2. The molecule has 1 fully saturated rings. The molecular formula is C15H19ClN6O4S. The van der Waals surface area contributed by atoms with Gasteiger partial charge in [-0.3, -0.25) is 9.69 Å². The maximum Gasteiger partial charge on any atom is 0.255 e. The molecule has 10 nitrogen and oxygen atoms in total. The molecule has 1 aliphatic rings. The Bertz CT molecular complexity index is 905. The standard InChI is InChI=1S/C15H19ClN6O4S/c1-26-14-9-13(22-10-18-19-20-22)12(16)8-11(14)15(23)17-2-3-21-4-6-27(24,25)7-5-21/h8-10H,2-7H2,1H3,(H,17,23). The number of tetrazole rings is 1. The van der Waals surface area contributed by atoms with Crippen LogP contribution in [0, 0.1) is 0 Å². The molecule has 12 heteroatoms. The van der Waals surface area contributed by atoms with Gasteiger partial charge in [0.2, 0.25) is 0 Å². The Hall–Kier alpha value is -2.24. The van der Waals surface area contributed by atoms with Crippen LogP contribution in [0.1, 0.15) is 10.4 Å². The van der Waals surface area contributed by atoms with E-state index in [-0.39, 0.29) is 17.4 Å². The lowest BCUT2D eigenvalue weighted by atomic mass is 10.1. The summed E-state index contributed by atoms with van der Waals surface area (Å²) in [4.78, 5) is 14.5. The molecule has 0 unspecified atom stereocenters. The van der Waals surface area contributed by atoms with Crippen molar-refractivity contribution in [1.29, 1.82) is 0 Å². The van der Waals surface area contributed by atoms with Crippen LogP contribution in [0.4, 0.5) is 0 Å². The summed E-state index contributed by atoms with van der Waals surface area (Å²) in [6.45, 7) is 1.91. The number of rotatable bonds is 6. The highest BCUT2D eigenvalue weighted by Gasteiger charge is 2.22. The first-order valence-electron chi connectivity index (χ1n) is 8.21. The van der Waals surface area contributed by atoms with Crippen molar-refractivity contribution < 1.29 is 17.9 Å². The number of nitrogens with zero attached hydrogens (tertiary/aromatic N) is 5. The van der Waals surface area contributed by atoms with Gasteiger partial charge in [-0.25, -0.2) is 8.42 Å². The van der Waals surface area contributed by atoms with E-state index >= 15 is 0 Å². The lowest BCUT2D eigenvalue weighted by Gasteiger charge is -2.26. The molecule has 1 N–H and O–H groups in total. The Morgan fingerprint density at radius 1 is 1.33 bits per heavy atom. The number of hydrogen-bond donors (Lipinski definition) is 1. The number of carbonyl (C=O) groups is 1. The summed E-state index contributed by atoms with van der Waals surface area (Å²) >= 11 is 6.26. The average molecular weight is 415 g/mol. The number of sulfone groups is 1. The number of aromatic nitrogens is 4. The van der Waals surface area contributed by atoms with Crippen molar-refractivity contribution in [3.63, 3.8) is 0 Å². The van der Waals surface area contributed by atoms with Crippen molar-refractivity contribution in [2.45, 2.75) is 0 Å². The summed E-state index contributed by atoms with van der Waals surface area (Å²) in [5.41, 5.74) is 0.783. The topological polar surface area (TPSA) is 119 Å². The lowest BCUT2D eigenvalue weighted by molar-refractivity contribution is 0.0945. The van der Waals surface area contributed by atoms with Crippen molar-refractivity contribution in [2.75, 3.05) is 44.8 Å². The zero-order valence-electron chi connectivity index (χ0n) is 14.6. The van der Waals surface area contributed by atoms with Gasteiger partial charge in [-0.2, -0.15) is 4.68 Å². The minimum atomic E-state index is -2.91. The molecule has 1 saturated heterocycles. The third-order valence-corrected chi connectivity index (χ3v) is 6.17. The van der Waals surface area contributed by atoms with Gasteiger partial charge >= 0.3 is 0 Å². The molecule has 1 amide bonds. The number of methoxy groups -OCH3 is 1. The normalized spacial score (nSPS) is 16.8. The van der Waals surface area contributed by atoms with E-state index in [9.17, 15) is 13.2 Å². The number of nitrogens with one attached hydrogen (secondary N) is 1. The molecule has 146 valence electrons. The number of benzene rings is 1. The van der Waals surface area contributed by atoms with E-state index in [0.29, 0.717) is 48.2 Å². The van der Waals surface area contributed by atoms with Crippen molar-refractivity contribution in [1.82, 2.24) is 30.4 Å². The first-order valence-corrected chi connectivity index (χ1v) is 10.4. The molecule has 27 heavy (non-hydrogen) atoms. The fraction of sp³-hybridized carbons (Fsp3) is 0.467. The van der Waals surface area contributed by atoms with Crippen LogP contribution >= 0.6 is 11.6 Å². The smallest absolute Gasteiger partial charge is 0.255 e. The third kappa shape index (κ3) is 4.73. The Balaban J connectivity index is 1.63. The number of halogens is 1. The molecule has 0 bridgehead atoms. The maximum absolute atomic E-state index is 12.5. The van der Waals surface area contributed by atoms with Gasteiger partial charge in [0.05, 0.1) is 34.9 Å². The van der Waals surface area contributed by atoms with E-state index in [1.165, 1.54) is 24.2 Å². The number of amides is 1. The predicted molar refractivity (Wildman–Crippen MR) is 98.1 cm³/mol. The summed E-state index contributed by atoms with van der Waals surface area (Å²) < 4.78 is 29.6. The average Bonchev–Trinajstić information content (AvgIpc) is 3.17. The lowest BCUT2D eigenvalue weighted by Crippen LogP contribution is -2.43. The largest absolute Gasteiger partial charge is 0.496 e. The number of carbonyl (C=O) groups excluding carboxylic acids is 1. The summed E-state index contributed by atoms with van der Waals surface area (Å²) in [5, 5.41) is 14.0. The third-order valence-electron chi connectivity index (χ3n) is 4.26. The molecule has 1 aromatic heterocycles. The monoisotopic (exact) mass is 414 g/mol. The highest BCUT2D eigenvalue weighted by atomic mass is 35.5. The van der Waals surface area contributed by atoms with Crippen LogP contribution in [0.2, 0.25) is 5.02 Å². The second-order valence-electron chi connectivity index (χ2n) is 6.01. The second-order valence-corrected chi connectivity index (χ2v) is 8.72. The van der Waals surface area contributed by atoms with Gasteiger partial charge in [0, 0.05) is 32.2 Å². The molecule has 0 spiro atoms. The number of ether oxygens (including phenoxy) is 1. The first kappa shape index (κ1) is 19.5. The Morgan fingerprint density at radius 3 is 2.70 bits per heavy atom. The van der Waals surface area contributed by atoms with Crippen LogP contribution in [0.25, 0.3) is 5.69 Å². The molecule has 1 aromatic carbocycles. The summed E-state index contributed by atoms with van der Waals surface area (Å²) in [7, 11) is -1.46. The van der Waals surface area contributed by atoms with Crippen LogP contribution in [-0.2, 0) is 9.84 Å². The Kier molecular flexibility index (Phi) is 5.92. The van der Waals surface area contributed by atoms with E-state index in [0.717, 1.165) is 0 Å². The molecule has 2 aromatic rings. The minimum Gasteiger partial charge on any atom is -0.496 e. The summed E-state index contributed by atoms with van der Waals surface area (Å²) in [6.07, 6.45) is 1.39. The molecule has 0 saturated carbocycles. The van der Waals surface area contributed by atoms with Crippen LogP contribution in [0.15, 0.2) is 18.5 Å². The first-order chi connectivity index (χ1) is 12.9. The van der Waals surface area contributed by atoms with Crippen molar-refractivity contribution >= 4 is 27.3 Å². The van der Waals surface area contributed by atoms with Gasteiger partial charge in [0.15, 0.2) is 9.84 Å². The molecule has 2 heterocycles. The second kappa shape index (κ2) is 8.19. The van der Waals surface area contributed by atoms with Gasteiger partial charge in [0.25, 0.3) is 5.91 Å². The van der Waals surface area contributed by atoms with Crippen LogP contribution < -0.4 is 10.1 Å². The zero-order chi connectivity index (χ0) is 19.4. The summed E-state index contributed by atoms with van der Waals surface area (Å²) in [5.74, 6) is 0.319. The van der Waals surface area contributed by atoms with E-state index < -0.39 is 9.84 Å². The Labute approximate surface area is 161 Å². The van der Waals surface area contributed by atoms with Crippen LogP contribution in [-0.4, -0.2) is 84.2 Å². The van der Waals surface area contributed by atoms with Crippen LogP contribution in [0.5, 0.6) is 5.75 Å². The minimum absolute atomic E-state index is 0.156. The van der Waals surface area contributed by atoms with E-state index in [1.54, 1.807) is 6.07 Å². The molecule has 0 aliphatic carbocycles. The van der Waals surface area contributed by atoms with Gasteiger partial charge in [-0.05, 0) is 16.5 Å². The highest BCUT2D eigenvalue weighted by molar-refractivity contribution is 7.91. The molecule has 0 atom stereocenters. The molecule has 3 rings (SSSR count). The summed E-state index contributed by atoms with van der Waals surface area (Å²) in [6, 6.07) is 3.09. The van der Waals surface area contributed by atoms with Crippen molar-refractivity contribution in [3.8, 4) is 11.4 Å². The van der Waals surface area contributed by atoms with Gasteiger partial charge in [-0.15, -0.1) is 5.10 Å². The highest BCUT2D eigenvalue weighted by Crippen LogP contribution is 2.29. The maximum atomic E-state index is 12.5. The van der Waals surface area contributed by atoms with E-state index in [4.69, 9.17) is 16.3 Å². The van der Waals surface area contributed by atoms with Crippen molar-refractivity contribution in [3.05, 3.63) is 29.0 Å². The number of hydrogen-bond acceptors (Lipinski definition) is 8. The van der Waals surface area contributed by atoms with Gasteiger partial charge < -0.3 is 10.1 Å². The van der Waals surface area contributed by atoms with Crippen LogP contribution in [0.3, 0.4) is 0 Å². The van der Waals surface area contributed by atoms with Gasteiger partial charge in [-0.1, -0.05) is 11.6 Å². The quantitative estimate of drug-likeness (QED) is 0.689. The fourth-order valence-electron chi connectivity index (χ4n) is 2.73. The predicted octanol–water partition coefficient (Wildman–Crippen LogP) is -0.215. The fourth-order valence-corrected chi connectivity index (χ4v) is 4.26.